The van der Waals surface area contributed by atoms with Gasteiger partial charge in [0.05, 0.1) is 18.5 Å². The molecule has 1 amide bonds. The molecule has 0 unspecified atom stereocenters. The van der Waals surface area contributed by atoms with Gasteiger partial charge in [0.25, 0.3) is 0 Å². The van der Waals surface area contributed by atoms with Gasteiger partial charge in [-0.15, -0.1) is 11.3 Å². The molecule has 3 rings (SSSR count). The minimum absolute atomic E-state index is 0.0644. The van der Waals surface area contributed by atoms with Crippen molar-refractivity contribution in [1.29, 1.82) is 0 Å². The Morgan fingerprint density at radius 3 is 2.77 bits per heavy atom. The van der Waals surface area contributed by atoms with Crippen LogP contribution >= 0.6 is 11.3 Å². The number of carbonyl (C=O) groups is 1. The Labute approximate surface area is 156 Å². The van der Waals surface area contributed by atoms with Crippen molar-refractivity contribution in [3.8, 4) is 11.1 Å². The van der Waals surface area contributed by atoms with Crippen molar-refractivity contribution in [2.75, 3.05) is 38.8 Å². The van der Waals surface area contributed by atoms with E-state index >= 15 is 0 Å². The number of hydrogen-bond donors (Lipinski definition) is 1. The number of aromatic nitrogens is 2. The molecule has 0 aliphatic rings. The molecule has 0 spiro atoms. The van der Waals surface area contributed by atoms with Crippen molar-refractivity contribution in [3.05, 3.63) is 41.5 Å². The van der Waals surface area contributed by atoms with Crippen LogP contribution in [0.3, 0.4) is 0 Å². The second-order valence-electron chi connectivity index (χ2n) is 5.99. The van der Waals surface area contributed by atoms with Crippen molar-refractivity contribution in [1.82, 2.24) is 15.3 Å². The van der Waals surface area contributed by atoms with E-state index in [1.165, 1.54) is 0 Å². The summed E-state index contributed by atoms with van der Waals surface area (Å²) >= 11 is 1.60. The Morgan fingerprint density at radius 1 is 1.27 bits per heavy atom. The van der Waals surface area contributed by atoms with Crippen LogP contribution in [0.1, 0.15) is 5.82 Å². The molecule has 0 bridgehead atoms. The summed E-state index contributed by atoms with van der Waals surface area (Å²) in [6, 6.07) is 10.2. The number of methoxy groups -OCH3 is 1. The van der Waals surface area contributed by atoms with Crippen LogP contribution in [0.5, 0.6) is 0 Å². The van der Waals surface area contributed by atoms with Gasteiger partial charge in [0.15, 0.2) is 0 Å². The fraction of sp³-hybridized carbons (Fsp3) is 0.316. The molecule has 3 aromatic rings. The molecule has 0 aliphatic heterocycles. The largest absolute Gasteiger partial charge is 0.383 e. The first-order valence-electron chi connectivity index (χ1n) is 8.38. The van der Waals surface area contributed by atoms with E-state index in [0.717, 1.165) is 27.2 Å². The Kier molecular flexibility index (Phi) is 5.80. The van der Waals surface area contributed by atoms with E-state index in [1.807, 2.05) is 37.1 Å². The van der Waals surface area contributed by atoms with Gasteiger partial charge in [-0.2, -0.15) is 0 Å². The van der Waals surface area contributed by atoms with Gasteiger partial charge in [-0.25, -0.2) is 9.97 Å². The molecule has 0 atom stereocenters. The predicted octanol–water partition coefficient (Wildman–Crippen LogP) is 2.87. The molecule has 6 nitrogen and oxygen atoms in total. The number of nitrogens with one attached hydrogen (secondary N) is 1. The summed E-state index contributed by atoms with van der Waals surface area (Å²) in [4.78, 5) is 24.2. The number of aryl methyl sites for hydroxylation is 1. The van der Waals surface area contributed by atoms with Gasteiger partial charge in [-0.3, -0.25) is 4.79 Å². The minimum Gasteiger partial charge on any atom is -0.383 e. The van der Waals surface area contributed by atoms with E-state index < -0.39 is 0 Å². The summed E-state index contributed by atoms with van der Waals surface area (Å²) in [6.07, 6.45) is 0. The number of anilines is 1. The van der Waals surface area contributed by atoms with Gasteiger partial charge in [-0.1, -0.05) is 30.3 Å². The third-order valence-electron chi connectivity index (χ3n) is 3.98. The summed E-state index contributed by atoms with van der Waals surface area (Å²) < 4.78 is 4.96. The van der Waals surface area contributed by atoms with Crippen molar-refractivity contribution in [2.24, 2.45) is 0 Å². The number of benzene rings is 1. The second-order valence-corrected chi connectivity index (χ2v) is 6.85. The first-order valence-corrected chi connectivity index (χ1v) is 9.26. The van der Waals surface area contributed by atoms with Crippen LogP contribution < -0.4 is 10.2 Å². The third kappa shape index (κ3) is 4.00. The fourth-order valence-electron chi connectivity index (χ4n) is 2.77. The zero-order chi connectivity index (χ0) is 18.5. The standard InChI is InChI=1S/C19H22N4O2S/c1-13-21-18(23(2)11-16(24)20-9-10-25-3)17-15(12-26-19(17)22-13)14-7-5-4-6-8-14/h4-8,12H,9-11H2,1-3H3,(H,20,24). The van der Waals surface area contributed by atoms with E-state index in [4.69, 9.17) is 4.74 Å². The van der Waals surface area contributed by atoms with Crippen LogP contribution in [0.4, 0.5) is 5.82 Å². The lowest BCUT2D eigenvalue weighted by molar-refractivity contribution is -0.119. The summed E-state index contributed by atoms with van der Waals surface area (Å²) in [7, 11) is 3.49. The summed E-state index contributed by atoms with van der Waals surface area (Å²) in [6.45, 7) is 3.08. The summed E-state index contributed by atoms with van der Waals surface area (Å²) in [5, 5.41) is 5.93. The Hall–Kier alpha value is -2.51. The first kappa shape index (κ1) is 18.3. The molecule has 7 heteroatoms. The zero-order valence-corrected chi connectivity index (χ0v) is 16.0. The highest BCUT2D eigenvalue weighted by molar-refractivity contribution is 7.17. The fourth-order valence-corrected chi connectivity index (χ4v) is 3.76. The number of ether oxygens (including phenoxy) is 1. The maximum Gasteiger partial charge on any atom is 0.239 e. The van der Waals surface area contributed by atoms with Crippen molar-refractivity contribution in [3.63, 3.8) is 0 Å². The van der Waals surface area contributed by atoms with Crippen LogP contribution in [-0.2, 0) is 9.53 Å². The number of thiophene rings is 1. The van der Waals surface area contributed by atoms with Crippen LogP contribution in [0.25, 0.3) is 21.3 Å². The maximum absolute atomic E-state index is 12.2. The number of hydrogen-bond acceptors (Lipinski definition) is 6. The quantitative estimate of drug-likeness (QED) is 0.648. The molecule has 136 valence electrons. The maximum atomic E-state index is 12.2. The first-order chi connectivity index (χ1) is 12.6. The van der Waals surface area contributed by atoms with E-state index in [2.05, 4.69) is 32.8 Å². The second kappa shape index (κ2) is 8.25. The smallest absolute Gasteiger partial charge is 0.239 e. The number of fused-ring (bicyclic) bond motifs is 1. The minimum atomic E-state index is -0.0644. The van der Waals surface area contributed by atoms with Gasteiger partial charge in [0.2, 0.25) is 5.91 Å². The SMILES string of the molecule is COCCNC(=O)CN(C)c1nc(C)nc2scc(-c3ccccc3)c12. The van der Waals surface area contributed by atoms with Gasteiger partial charge < -0.3 is 15.0 Å². The summed E-state index contributed by atoms with van der Waals surface area (Å²) in [5.74, 6) is 1.40. The average molecular weight is 370 g/mol. The Morgan fingerprint density at radius 2 is 2.04 bits per heavy atom. The van der Waals surface area contributed by atoms with E-state index in [1.54, 1.807) is 18.4 Å². The van der Waals surface area contributed by atoms with Crippen molar-refractivity contribution in [2.45, 2.75) is 6.92 Å². The molecule has 2 aromatic heterocycles. The molecule has 2 heterocycles. The van der Waals surface area contributed by atoms with Gasteiger partial charge in [0.1, 0.15) is 16.5 Å². The molecular weight excluding hydrogens is 348 g/mol. The van der Waals surface area contributed by atoms with E-state index in [-0.39, 0.29) is 12.5 Å². The Bertz CT molecular complexity index is 895. The number of nitrogens with zero attached hydrogens (tertiary/aromatic N) is 3. The van der Waals surface area contributed by atoms with E-state index in [0.29, 0.717) is 19.0 Å². The van der Waals surface area contributed by atoms with Crippen molar-refractivity contribution < 1.29 is 9.53 Å². The molecule has 0 fully saturated rings. The average Bonchev–Trinajstić information content (AvgIpc) is 3.05. The van der Waals surface area contributed by atoms with Crippen molar-refractivity contribution >= 4 is 33.3 Å². The lowest BCUT2D eigenvalue weighted by Crippen LogP contribution is -2.37. The van der Waals surface area contributed by atoms with Gasteiger partial charge in [-0.05, 0) is 12.5 Å². The van der Waals surface area contributed by atoms with Crippen LogP contribution in [0.15, 0.2) is 35.7 Å². The Balaban J connectivity index is 1.94. The molecule has 1 N–H and O–H groups in total. The highest BCUT2D eigenvalue weighted by Gasteiger charge is 2.18. The number of likely N-dealkylation sites (N-methyl/N-ethyl adjacent to an activating group) is 1. The number of amides is 1. The molecule has 0 saturated heterocycles. The third-order valence-corrected chi connectivity index (χ3v) is 4.85. The molecule has 26 heavy (non-hydrogen) atoms. The van der Waals surface area contributed by atoms with Crippen LogP contribution in [0.2, 0.25) is 0 Å². The van der Waals surface area contributed by atoms with Crippen LogP contribution in [-0.4, -0.2) is 49.7 Å². The molecular formula is C19H22N4O2S. The molecule has 0 saturated carbocycles. The number of carbonyl (C=O) groups excluding carboxylic acids is 1. The summed E-state index contributed by atoms with van der Waals surface area (Å²) in [5.41, 5.74) is 2.21. The topological polar surface area (TPSA) is 67.3 Å². The molecule has 0 radical (unpaired) electrons. The molecule has 1 aromatic carbocycles. The number of rotatable bonds is 7. The zero-order valence-electron chi connectivity index (χ0n) is 15.2. The lowest BCUT2D eigenvalue weighted by atomic mass is 10.1. The highest BCUT2D eigenvalue weighted by Crippen LogP contribution is 2.37. The monoisotopic (exact) mass is 370 g/mol. The highest BCUT2D eigenvalue weighted by atomic mass is 32.1. The van der Waals surface area contributed by atoms with E-state index in [9.17, 15) is 4.79 Å². The van der Waals surface area contributed by atoms with Gasteiger partial charge in [0, 0.05) is 31.6 Å². The molecule has 0 aliphatic carbocycles. The van der Waals surface area contributed by atoms with Gasteiger partial charge >= 0.3 is 0 Å². The lowest BCUT2D eigenvalue weighted by Gasteiger charge is -2.19. The normalized spacial score (nSPS) is 10.9. The van der Waals surface area contributed by atoms with Crippen LogP contribution in [0, 0.1) is 6.92 Å². The predicted molar refractivity (Wildman–Crippen MR) is 106 cm³/mol.